The molecule has 0 radical (unpaired) electrons. The van der Waals surface area contributed by atoms with Crippen LogP contribution >= 0.6 is 11.8 Å². The van der Waals surface area contributed by atoms with Crippen LogP contribution in [0.5, 0.6) is 0 Å². The Morgan fingerprint density at radius 3 is 2.38 bits per heavy atom. The summed E-state index contributed by atoms with van der Waals surface area (Å²) in [7, 11) is -3.48. The van der Waals surface area contributed by atoms with E-state index in [9.17, 15) is 8.42 Å². The molecule has 1 aromatic carbocycles. The molecule has 2 rings (SSSR count). The van der Waals surface area contributed by atoms with Crippen LogP contribution in [-0.2, 0) is 10.0 Å². The van der Waals surface area contributed by atoms with Crippen LogP contribution < -0.4 is 10.5 Å². The average molecular weight is 329 g/mol. The molecular formula is C14H23N3O2S2. The maximum absolute atomic E-state index is 12.5. The third-order valence-corrected chi connectivity index (χ3v) is 6.28. The van der Waals surface area contributed by atoms with Gasteiger partial charge in [-0.05, 0) is 37.1 Å². The summed E-state index contributed by atoms with van der Waals surface area (Å²) in [5.41, 5.74) is 7.72. The molecule has 21 heavy (non-hydrogen) atoms. The zero-order valence-corrected chi connectivity index (χ0v) is 14.2. The molecule has 0 amide bonds. The number of anilines is 1. The lowest BCUT2D eigenvalue weighted by Gasteiger charge is -2.26. The summed E-state index contributed by atoms with van der Waals surface area (Å²) in [5.74, 6) is 2.26. The van der Waals surface area contributed by atoms with Crippen LogP contribution in [0.2, 0.25) is 0 Å². The van der Waals surface area contributed by atoms with Crippen molar-refractivity contribution in [2.24, 2.45) is 0 Å². The molecule has 0 aromatic heterocycles. The number of hydrogen-bond acceptors (Lipinski definition) is 5. The van der Waals surface area contributed by atoms with Crippen molar-refractivity contribution in [2.75, 3.05) is 43.4 Å². The van der Waals surface area contributed by atoms with E-state index in [2.05, 4.69) is 9.62 Å². The van der Waals surface area contributed by atoms with E-state index in [0.717, 1.165) is 31.1 Å². The SMILES string of the molecule is Cc1cc(N)cc(C)c1S(=O)(=O)NCCN1CCSCC1. The van der Waals surface area contributed by atoms with Gasteiger partial charge in [0.05, 0.1) is 4.90 Å². The quantitative estimate of drug-likeness (QED) is 0.794. The van der Waals surface area contributed by atoms with Crippen LogP contribution in [0, 0.1) is 13.8 Å². The monoisotopic (exact) mass is 329 g/mol. The summed E-state index contributed by atoms with van der Waals surface area (Å²) < 4.78 is 27.6. The van der Waals surface area contributed by atoms with E-state index in [4.69, 9.17) is 5.73 Å². The van der Waals surface area contributed by atoms with Crippen molar-refractivity contribution in [3.8, 4) is 0 Å². The minimum Gasteiger partial charge on any atom is -0.399 e. The molecule has 0 atom stereocenters. The fraction of sp³-hybridized carbons (Fsp3) is 0.571. The molecule has 1 aliphatic heterocycles. The number of nitrogen functional groups attached to an aromatic ring is 1. The van der Waals surface area contributed by atoms with Gasteiger partial charge in [-0.2, -0.15) is 11.8 Å². The Bertz CT molecular complexity index is 573. The van der Waals surface area contributed by atoms with Crippen LogP contribution in [0.1, 0.15) is 11.1 Å². The maximum atomic E-state index is 12.5. The van der Waals surface area contributed by atoms with E-state index in [1.807, 2.05) is 11.8 Å². The molecule has 0 aliphatic carbocycles. The molecule has 1 heterocycles. The summed E-state index contributed by atoms with van der Waals surface area (Å²) in [6.07, 6.45) is 0. The second-order valence-corrected chi connectivity index (χ2v) is 8.26. The summed E-state index contributed by atoms with van der Waals surface area (Å²) in [6, 6.07) is 3.40. The van der Waals surface area contributed by atoms with Crippen molar-refractivity contribution in [3.05, 3.63) is 23.3 Å². The van der Waals surface area contributed by atoms with Gasteiger partial charge in [-0.25, -0.2) is 13.1 Å². The number of sulfonamides is 1. The Hall–Kier alpha value is -0.760. The molecule has 5 nitrogen and oxygen atoms in total. The van der Waals surface area contributed by atoms with Gasteiger partial charge in [0.1, 0.15) is 0 Å². The largest absolute Gasteiger partial charge is 0.399 e. The van der Waals surface area contributed by atoms with Gasteiger partial charge in [-0.3, -0.25) is 0 Å². The van der Waals surface area contributed by atoms with Gasteiger partial charge in [0.15, 0.2) is 0 Å². The highest BCUT2D eigenvalue weighted by atomic mass is 32.2. The summed E-state index contributed by atoms with van der Waals surface area (Å²) in [4.78, 5) is 2.65. The van der Waals surface area contributed by atoms with Crippen LogP contribution in [0.4, 0.5) is 5.69 Å². The van der Waals surface area contributed by atoms with Gasteiger partial charge in [0.25, 0.3) is 0 Å². The Labute approximate surface area is 131 Å². The number of hydrogen-bond donors (Lipinski definition) is 2. The third-order valence-electron chi connectivity index (χ3n) is 3.58. The fourth-order valence-corrected chi connectivity index (χ4v) is 5.09. The minimum atomic E-state index is -3.48. The van der Waals surface area contributed by atoms with Gasteiger partial charge in [0, 0.05) is 43.4 Å². The average Bonchev–Trinajstić information content (AvgIpc) is 2.38. The van der Waals surface area contributed by atoms with Crippen molar-refractivity contribution in [2.45, 2.75) is 18.7 Å². The Morgan fingerprint density at radius 2 is 1.81 bits per heavy atom. The number of nitrogens with one attached hydrogen (secondary N) is 1. The number of aryl methyl sites for hydroxylation is 2. The van der Waals surface area contributed by atoms with Gasteiger partial charge in [0.2, 0.25) is 10.0 Å². The molecule has 118 valence electrons. The molecule has 1 aromatic rings. The Morgan fingerprint density at radius 1 is 1.24 bits per heavy atom. The molecule has 1 saturated heterocycles. The van der Waals surface area contributed by atoms with Crippen LogP contribution in [0.25, 0.3) is 0 Å². The number of rotatable bonds is 5. The van der Waals surface area contributed by atoms with Crippen molar-refractivity contribution in [3.63, 3.8) is 0 Å². The highest BCUT2D eigenvalue weighted by Crippen LogP contribution is 2.22. The zero-order valence-electron chi connectivity index (χ0n) is 12.6. The number of benzene rings is 1. The molecule has 1 fully saturated rings. The normalized spacial score (nSPS) is 17.0. The van der Waals surface area contributed by atoms with Gasteiger partial charge >= 0.3 is 0 Å². The molecular weight excluding hydrogens is 306 g/mol. The minimum absolute atomic E-state index is 0.353. The third kappa shape index (κ3) is 4.35. The first-order valence-electron chi connectivity index (χ1n) is 7.06. The van der Waals surface area contributed by atoms with Crippen molar-refractivity contribution >= 4 is 27.5 Å². The van der Waals surface area contributed by atoms with E-state index < -0.39 is 10.0 Å². The summed E-state index contributed by atoms with van der Waals surface area (Å²) in [6.45, 7) is 6.82. The lowest BCUT2D eigenvalue weighted by Crippen LogP contribution is -2.39. The van der Waals surface area contributed by atoms with E-state index in [1.54, 1.807) is 26.0 Å². The van der Waals surface area contributed by atoms with Crippen molar-refractivity contribution in [1.29, 1.82) is 0 Å². The van der Waals surface area contributed by atoms with Gasteiger partial charge < -0.3 is 10.6 Å². The summed E-state index contributed by atoms with van der Waals surface area (Å²) in [5, 5.41) is 0. The Balaban J connectivity index is 2.01. The first-order chi connectivity index (χ1) is 9.90. The molecule has 0 saturated carbocycles. The van der Waals surface area contributed by atoms with Crippen LogP contribution in [-0.4, -0.2) is 51.0 Å². The second-order valence-electron chi connectivity index (χ2n) is 5.34. The molecule has 0 spiro atoms. The maximum Gasteiger partial charge on any atom is 0.241 e. The fourth-order valence-electron chi connectivity index (χ4n) is 2.64. The number of thioether (sulfide) groups is 1. The second kappa shape index (κ2) is 7.00. The molecule has 0 unspecified atom stereocenters. The van der Waals surface area contributed by atoms with Crippen molar-refractivity contribution in [1.82, 2.24) is 9.62 Å². The van der Waals surface area contributed by atoms with Crippen molar-refractivity contribution < 1.29 is 8.42 Å². The highest BCUT2D eigenvalue weighted by molar-refractivity contribution is 7.99. The highest BCUT2D eigenvalue weighted by Gasteiger charge is 2.20. The number of nitrogens with zero attached hydrogens (tertiary/aromatic N) is 1. The smallest absolute Gasteiger partial charge is 0.241 e. The Kier molecular flexibility index (Phi) is 5.54. The predicted molar refractivity (Wildman–Crippen MR) is 89.3 cm³/mol. The standard InChI is InChI=1S/C14H23N3O2S2/c1-11-9-13(15)10-12(2)14(11)21(18,19)16-3-4-17-5-7-20-8-6-17/h9-10,16H,3-8,15H2,1-2H3. The first kappa shape index (κ1) is 16.6. The van der Waals surface area contributed by atoms with E-state index in [1.165, 1.54) is 0 Å². The lowest BCUT2D eigenvalue weighted by molar-refractivity contribution is 0.307. The van der Waals surface area contributed by atoms with Gasteiger partial charge in [-0.15, -0.1) is 0 Å². The van der Waals surface area contributed by atoms with E-state index in [-0.39, 0.29) is 0 Å². The zero-order chi connectivity index (χ0) is 15.5. The molecule has 3 N–H and O–H groups in total. The van der Waals surface area contributed by atoms with Gasteiger partial charge in [-0.1, -0.05) is 0 Å². The first-order valence-corrected chi connectivity index (χ1v) is 9.70. The lowest BCUT2D eigenvalue weighted by atomic mass is 10.1. The predicted octanol–water partition coefficient (Wildman–Crippen LogP) is 1.21. The van der Waals surface area contributed by atoms with E-state index in [0.29, 0.717) is 28.3 Å². The molecule has 7 heteroatoms. The summed E-state index contributed by atoms with van der Waals surface area (Å²) >= 11 is 1.95. The topological polar surface area (TPSA) is 75.4 Å². The van der Waals surface area contributed by atoms with Crippen LogP contribution in [0.3, 0.4) is 0 Å². The molecule has 1 aliphatic rings. The van der Waals surface area contributed by atoms with Crippen LogP contribution in [0.15, 0.2) is 17.0 Å². The van der Waals surface area contributed by atoms with E-state index >= 15 is 0 Å². The number of nitrogens with two attached hydrogens (primary N) is 1. The molecule has 0 bridgehead atoms.